The zero-order valence-electron chi connectivity index (χ0n) is 15.7. The van der Waals surface area contributed by atoms with Crippen molar-refractivity contribution in [3.8, 4) is 0 Å². The van der Waals surface area contributed by atoms with Crippen LogP contribution in [-0.4, -0.2) is 35.2 Å². The molecule has 1 unspecified atom stereocenters. The maximum absolute atomic E-state index is 13.0. The van der Waals surface area contributed by atoms with Gasteiger partial charge in [0.1, 0.15) is 6.54 Å². The summed E-state index contributed by atoms with van der Waals surface area (Å²) < 4.78 is 35.6. The summed E-state index contributed by atoms with van der Waals surface area (Å²) >= 11 is 0. The van der Waals surface area contributed by atoms with Crippen LogP contribution in [0.25, 0.3) is 10.9 Å². The van der Waals surface area contributed by atoms with Gasteiger partial charge in [-0.15, -0.1) is 5.10 Å². The van der Waals surface area contributed by atoms with E-state index >= 15 is 0 Å². The number of sulfonamides is 1. The third-order valence-electron chi connectivity index (χ3n) is 4.99. The lowest BCUT2D eigenvalue weighted by atomic mass is 10.2. The molecule has 0 spiro atoms. The minimum absolute atomic E-state index is 0.0137. The number of aryl methyl sites for hydroxylation is 1. The lowest BCUT2D eigenvalue weighted by molar-refractivity contribution is 0.202. The first kappa shape index (κ1) is 18.7. The van der Waals surface area contributed by atoms with Gasteiger partial charge in [0.25, 0.3) is 5.56 Å². The van der Waals surface area contributed by atoms with Crippen molar-refractivity contribution >= 4 is 26.8 Å². The average molecular weight is 407 g/mol. The molecule has 1 aliphatic heterocycles. The normalized spacial score (nSPS) is 20.5. The highest BCUT2D eigenvalue weighted by Crippen LogP contribution is 2.36. The highest BCUT2D eigenvalue weighted by molar-refractivity contribution is 7.89. The molecule has 150 valence electrons. The van der Waals surface area contributed by atoms with E-state index in [1.165, 1.54) is 29.8 Å². The summed E-state index contributed by atoms with van der Waals surface area (Å²) in [5.41, 5.74) is 1.47. The van der Waals surface area contributed by atoms with E-state index in [4.69, 9.17) is 4.74 Å². The van der Waals surface area contributed by atoms with Gasteiger partial charge in [-0.25, -0.2) is 17.9 Å². The van der Waals surface area contributed by atoms with Crippen LogP contribution >= 0.6 is 0 Å². The van der Waals surface area contributed by atoms with Crippen molar-refractivity contribution in [2.75, 3.05) is 0 Å². The van der Waals surface area contributed by atoms with Crippen molar-refractivity contribution in [3.05, 3.63) is 39.0 Å². The second-order valence-electron chi connectivity index (χ2n) is 7.47. The second kappa shape index (κ2) is 6.17. The van der Waals surface area contributed by atoms with Crippen LogP contribution in [0, 0.1) is 0 Å². The Morgan fingerprint density at radius 2 is 2.07 bits per heavy atom. The minimum atomic E-state index is -3.77. The van der Waals surface area contributed by atoms with Crippen LogP contribution in [0.5, 0.6) is 0 Å². The van der Waals surface area contributed by atoms with Crippen molar-refractivity contribution in [1.82, 2.24) is 19.3 Å². The average Bonchev–Trinajstić information content (AvgIpc) is 3.20. The lowest BCUT2D eigenvalue weighted by Crippen LogP contribution is -2.41. The smallest absolute Gasteiger partial charge is 0.331 e. The Balaban J connectivity index is 1.82. The summed E-state index contributed by atoms with van der Waals surface area (Å²) in [5, 5.41) is 4.07. The van der Waals surface area contributed by atoms with Gasteiger partial charge in [0.2, 0.25) is 15.9 Å². The fraction of sp³-hybridized carbons (Fsp3) is 0.471. The van der Waals surface area contributed by atoms with E-state index in [9.17, 15) is 18.0 Å². The standard InChI is InChI=1S/C17H21N5O5S/c1-10-18-19-14(27-10)9-22-15(23)12-8-11(4-5-13(12)21(3)16(22)24)28(25,26)20-17(2)6-7-17/h4-5,8,10,18,20H,6-7,9H2,1-3H3. The van der Waals surface area contributed by atoms with Crippen LogP contribution in [0.15, 0.2) is 37.8 Å². The molecule has 1 aromatic carbocycles. The van der Waals surface area contributed by atoms with Crippen molar-refractivity contribution in [1.29, 1.82) is 0 Å². The molecule has 0 amide bonds. The van der Waals surface area contributed by atoms with Gasteiger partial charge < -0.3 is 4.74 Å². The van der Waals surface area contributed by atoms with Gasteiger partial charge in [-0.05, 0) is 44.9 Å². The largest absolute Gasteiger partial charge is 0.453 e. The number of ether oxygens (including phenoxy) is 1. The highest BCUT2D eigenvalue weighted by atomic mass is 32.2. The summed E-state index contributed by atoms with van der Waals surface area (Å²) in [6.45, 7) is 3.42. The van der Waals surface area contributed by atoms with Gasteiger partial charge in [0.15, 0.2) is 6.23 Å². The molecule has 0 saturated heterocycles. The first-order chi connectivity index (χ1) is 13.1. The minimum Gasteiger partial charge on any atom is -0.453 e. The van der Waals surface area contributed by atoms with Crippen LogP contribution in [0.4, 0.5) is 0 Å². The summed E-state index contributed by atoms with van der Waals surface area (Å²) in [6, 6.07) is 4.18. The zero-order valence-corrected chi connectivity index (χ0v) is 16.5. The Morgan fingerprint density at radius 1 is 1.36 bits per heavy atom. The molecule has 0 radical (unpaired) electrons. The molecule has 10 nitrogen and oxygen atoms in total. The topological polar surface area (TPSA) is 124 Å². The maximum atomic E-state index is 13.0. The number of fused-ring (bicyclic) bond motifs is 1. The highest BCUT2D eigenvalue weighted by Gasteiger charge is 2.41. The number of hydrogen-bond acceptors (Lipinski definition) is 7. The summed E-state index contributed by atoms with van der Waals surface area (Å²) in [6.07, 6.45) is 1.20. The van der Waals surface area contributed by atoms with E-state index in [0.717, 1.165) is 17.4 Å². The molecule has 2 heterocycles. The van der Waals surface area contributed by atoms with E-state index < -0.39 is 26.8 Å². The molecule has 1 aliphatic carbocycles. The quantitative estimate of drug-likeness (QED) is 0.708. The number of hydrazone groups is 1. The fourth-order valence-corrected chi connectivity index (χ4v) is 4.59. The van der Waals surface area contributed by atoms with Crippen molar-refractivity contribution in [2.45, 2.75) is 49.9 Å². The van der Waals surface area contributed by atoms with E-state index in [0.29, 0.717) is 5.52 Å². The van der Waals surface area contributed by atoms with Gasteiger partial charge in [0, 0.05) is 12.6 Å². The van der Waals surface area contributed by atoms with Crippen molar-refractivity contribution < 1.29 is 13.2 Å². The lowest BCUT2D eigenvalue weighted by Gasteiger charge is -2.14. The summed E-state index contributed by atoms with van der Waals surface area (Å²) in [7, 11) is -2.25. The Hall–Kier alpha value is -2.66. The van der Waals surface area contributed by atoms with Gasteiger partial charge >= 0.3 is 5.69 Å². The predicted octanol–water partition coefficient (Wildman–Crippen LogP) is -0.190. The Morgan fingerprint density at radius 3 is 2.68 bits per heavy atom. The molecule has 0 bridgehead atoms. The van der Waals surface area contributed by atoms with E-state index in [1.807, 2.05) is 6.92 Å². The van der Waals surface area contributed by atoms with Gasteiger partial charge in [-0.3, -0.25) is 19.4 Å². The van der Waals surface area contributed by atoms with Gasteiger partial charge in [-0.2, -0.15) is 0 Å². The Bertz CT molecular complexity index is 1220. The zero-order chi connectivity index (χ0) is 20.3. The van der Waals surface area contributed by atoms with Crippen molar-refractivity contribution in [3.63, 3.8) is 0 Å². The molecular formula is C17H21N5O5S. The van der Waals surface area contributed by atoms with Crippen molar-refractivity contribution in [2.24, 2.45) is 12.1 Å². The first-order valence-corrected chi connectivity index (χ1v) is 10.3. The third-order valence-corrected chi connectivity index (χ3v) is 6.63. The number of nitrogens with one attached hydrogen (secondary N) is 2. The second-order valence-corrected chi connectivity index (χ2v) is 9.16. The molecule has 1 atom stereocenters. The molecule has 1 aromatic heterocycles. The first-order valence-electron chi connectivity index (χ1n) is 8.86. The maximum Gasteiger partial charge on any atom is 0.331 e. The number of nitrogens with zero attached hydrogens (tertiary/aromatic N) is 3. The van der Waals surface area contributed by atoms with E-state index in [1.54, 1.807) is 6.92 Å². The van der Waals surface area contributed by atoms with Crippen LogP contribution in [0.3, 0.4) is 0 Å². The van der Waals surface area contributed by atoms with Crippen LogP contribution in [-0.2, 0) is 28.4 Å². The molecule has 2 N–H and O–H groups in total. The molecule has 11 heteroatoms. The van der Waals surface area contributed by atoms with Crippen LogP contribution in [0.1, 0.15) is 26.7 Å². The van der Waals surface area contributed by atoms with E-state index in [2.05, 4.69) is 15.2 Å². The molecule has 1 fully saturated rings. The fourth-order valence-electron chi connectivity index (χ4n) is 3.10. The van der Waals surface area contributed by atoms with E-state index in [-0.39, 0.29) is 29.0 Å². The number of benzene rings is 1. The number of hydrogen-bond donors (Lipinski definition) is 2. The number of rotatable bonds is 5. The van der Waals surface area contributed by atoms with Crippen LogP contribution < -0.4 is 21.4 Å². The Kier molecular flexibility index (Phi) is 4.12. The molecule has 2 aliphatic rings. The Labute approximate surface area is 160 Å². The SMILES string of the molecule is CC1NN=C(Cn2c(=O)c3cc(S(=O)(=O)NC4(C)CC4)ccc3n(C)c2=O)O1. The molecule has 2 aromatic rings. The number of aromatic nitrogens is 2. The van der Waals surface area contributed by atoms with Gasteiger partial charge in [-0.1, -0.05) is 0 Å². The summed E-state index contributed by atoms with van der Waals surface area (Å²) in [4.78, 5) is 25.6. The third kappa shape index (κ3) is 3.20. The molecule has 4 rings (SSSR count). The molecule has 1 saturated carbocycles. The summed E-state index contributed by atoms with van der Waals surface area (Å²) in [5.74, 6) is 0.207. The van der Waals surface area contributed by atoms with Crippen LogP contribution in [0.2, 0.25) is 0 Å². The molecule has 28 heavy (non-hydrogen) atoms. The van der Waals surface area contributed by atoms with Gasteiger partial charge in [0.05, 0.1) is 15.8 Å². The molecular weight excluding hydrogens is 386 g/mol. The predicted molar refractivity (Wildman–Crippen MR) is 103 cm³/mol. The monoisotopic (exact) mass is 407 g/mol.